The highest BCUT2D eigenvalue weighted by molar-refractivity contribution is 7.17. The normalized spacial score (nSPS) is 10.5. The molecule has 0 saturated heterocycles. The fourth-order valence-corrected chi connectivity index (χ4v) is 2.66. The van der Waals surface area contributed by atoms with E-state index >= 15 is 0 Å². The van der Waals surface area contributed by atoms with Crippen LogP contribution >= 0.6 is 11.3 Å². The van der Waals surface area contributed by atoms with Gasteiger partial charge in [0, 0.05) is 6.20 Å². The lowest BCUT2D eigenvalue weighted by Crippen LogP contribution is -2.10. The first-order valence-corrected chi connectivity index (χ1v) is 7.13. The molecule has 3 aromatic rings. The summed E-state index contributed by atoms with van der Waals surface area (Å²) in [6.45, 7) is 0.483. The second-order valence-corrected chi connectivity index (χ2v) is 5.11. The molecular weight excluding hydrogens is 288 g/mol. The fourth-order valence-electron chi connectivity index (χ4n) is 1.85. The van der Waals surface area contributed by atoms with Gasteiger partial charge < -0.3 is 10.1 Å². The lowest BCUT2D eigenvalue weighted by molar-refractivity contribution is 0.0597. The van der Waals surface area contributed by atoms with E-state index in [4.69, 9.17) is 4.74 Å². The minimum atomic E-state index is -0.467. The number of carbonyl (C=O) groups is 1. The molecule has 0 bridgehead atoms. The molecule has 0 aliphatic carbocycles. The highest BCUT2D eigenvalue weighted by Crippen LogP contribution is 2.24. The Hall–Kier alpha value is -2.54. The van der Waals surface area contributed by atoms with Crippen molar-refractivity contribution < 1.29 is 9.53 Å². The van der Waals surface area contributed by atoms with Gasteiger partial charge in [-0.05, 0) is 23.6 Å². The van der Waals surface area contributed by atoms with Gasteiger partial charge in [-0.3, -0.25) is 4.98 Å². The average Bonchev–Trinajstić information content (AvgIpc) is 3.00. The molecule has 3 rings (SSSR count). The number of esters is 1. The molecule has 21 heavy (non-hydrogen) atoms. The fraction of sp³-hybridized carbons (Fsp3) is 0.143. The van der Waals surface area contributed by atoms with Crippen molar-refractivity contribution in [2.75, 3.05) is 12.4 Å². The number of nitrogens with one attached hydrogen (secondary N) is 1. The van der Waals surface area contributed by atoms with Crippen molar-refractivity contribution in [1.82, 2.24) is 15.0 Å². The number of ether oxygens (including phenoxy) is 1. The van der Waals surface area contributed by atoms with E-state index in [-0.39, 0.29) is 5.69 Å². The minimum absolute atomic E-state index is 0.279. The number of pyridine rings is 1. The summed E-state index contributed by atoms with van der Waals surface area (Å²) < 4.78 is 5.50. The zero-order chi connectivity index (χ0) is 14.7. The summed E-state index contributed by atoms with van der Waals surface area (Å²) in [6, 6.07) is 7.51. The van der Waals surface area contributed by atoms with Gasteiger partial charge in [-0.15, -0.1) is 11.3 Å². The van der Waals surface area contributed by atoms with Crippen LogP contribution in [0.1, 0.15) is 16.2 Å². The first-order valence-electron chi connectivity index (χ1n) is 6.25. The van der Waals surface area contributed by atoms with Gasteiger partial charge in [-0.25, -0.2) is 14.8 Å². The average molecular weight is 300 g/mol. The third-order valence-corrected chi connectivity index (χ3v) is 3.75. The van der Waals surface area contributed by atoms with Crippen LogP contribution in [0, 0.1) is 0 Å². The van der Waals surface area contributed by atoms with E-state index in [0.29, 0.717) is 12.5 Å². The second-order valence-electron chi connectivity index (χ2n) is 4.20. The number of carbonyl (C=O) groups excluding carboxylic acids is 1. The largest absolute Gasteiger partial charge is 0.464 e. The predicted molar refractivity (Wildman–Crippen MR) is 80.3 cm³/mol. The molecule has 0 aliphatic heterocycles. The molecule has 0 aromatic carbocycles. The molecule has 3 aromatic heterocycles. The molecule has 0 radical (unpaired) electrons. The Labute approximate surface area is 124 Å². The summed E-state index contributed by atoms with van der Waals surface area (Å²) in [5, 5.41) is 4.94. The van der Waals surface area contributed by atoms with Crippen LogP contribution in [0.3, 0.4) is 0 Å². The van der Waals surface area contributed by atoms with E-state index in [1.807, 2.05) is 29.6 Å². The summed E-state index contributed by atoms with van der Waals surface area (Å²) >= 11 is 1.41. The smallest absolute Gasteiger partial charge is 0.358 e. The summed E-state index contributed by atoms with van der Waals surface area (Å²) in [5.41, 5.74) is 1.87. The van der Waals surface area contributed by atoms with Crippen LogP contribution in [0.5, 0.6) is 0 Å². The number of methoxy groups -OCH3 is 1. The van der Waals surface area contributed by atoms with E-state index in [1.54, 1.807) is 6.20 Å². The maximum Gasteiger partial charge on any atom is 0.358 e. The molecule has 6 nitrogen and oxygen atoms in total. The van der Waals surface area contributed by atoms with Gasteiger partial charge in [0.05, 0.1) is 29.6 Å². The van der Waals surface area contributed by atoms with Crippen molar-refractivity contribution in [3.63, 3.8) is 0 Å². The van der Waals surface area contributed by atoms with Crippen molar-refractivity contribution in [1.29, 1.82) is 0 Å². The minimum Gasteiger partial charge on any atom is -0.464 e. The van der Waals surface area contributed by atoms with E-state index in [1.165, 1.54) is 18.4 Å². The quantitative estimate of drug-likeness (QED) is 0.746. The topological polar surface area (TPSA) is 77.0 Å². The van der Waals surface area contributed by atoms with Crippen LogP contribution in [-0.2, 0) is 11.3 Å². The summed E-state index contributed by atoms with van der Waals surface area (Å²) in [4.78, 5) is 24.6. The second kappa shape index (κ2) is 5.84. The molecule has 0 unspecified atom stereocenters. The zero-order valence-corrected chi connectivity index (χ0v) is 12.1. The van der Waals surface area contributed by atoms with Gasteiger partial charge in [0.25, 0.3) is 0 Å². The maximum absolute atomic E-state index is 11.8. The van der Waals surface area contributed by atoms with Gasteiger partial charge in [0.2, 0.25) is 5.95 Å². The Bertz CT molecular complexity index is 773. The third-order valence-electron chi connectivity index (χ3n) is 2.84. The molecule has 7 heteroatoms. The number of anilines is 1. The number of thiophene rings is 1. The van der Waals surface area contributed by atoms with E-state index in [0.717, 1.165) is 15.9 Å². The van der Waals surface area contributed by atoms with Crippen LogP contribution in [0.2, 0.25) is 0 Å². The molecule has 0 fully saturated rings. The molecule has 0 atom stereocenters. The van der Waals surface area contributed by atoms with Crippen LogP contribution in [0.15, 0.2) is 35.8 Å². The van der Waals surface area contributed by atoms with Crippen LogP contribution in [0.25, 0.3) is 10.2 Å². The Morgan fingerprint density at radius 2 is 2.24 bits per heavy atom. The van der Waals surface area contributed by atoms with Crippen LogP contribution in [-0.4, -0.2) is 28.0 Å². The highest BCUT2D eigenvalue weighted by Gasteiger charge is 2.16. The van der Waals surface area contributed by atoms with Crippen molar-refractivity contribution in [2.45, 2.75) is 6.54 Å². The summed E-state index contributed by atoms with van der Waals surface area (Å²) in [6.07, 6.45) is 1.72. The number of hydrogen-bond acceptors (Lipinski definition) is 7. The van der Waals surface area contributed by atoms with Crippen molar-refractivity contribution in [2.24, 2.45) is 0 Å². The zero-order valence-electron chi connectivity index (χ0n) is 11.2. The molecule has 106 valence electrons. The van der Waals surface area contributed by atoms with E-state index in [2.05, 4.69) is 20.3 Å². The van der Waals surface area contributed by atoms with Gasteiger partial charge in [-0.2, -0.15) is 0 Å². The van der Waals surface area contributed by atoms with Crippen LogP contribution in [0.4, 0.5) is 5.95 Å². The van der Waals surface area contributed by atoms with Gasteiger partial charge in [0.15, 0.2) is 5.69 Å². The molecule has 0 aliphatic rings. The molecule has 3 heterocycles. The molecule has 0 amide bonds. The maximum atomic E-state index is 11.8. The van der Waals surface area contributed by atoms with Crippen LogP contribution < -0.4 is 5.32 Å². The van der Waals surface area contributed by atoms with Gasteiger partial charge in [0.1, 0.15) is 0 Å². The molecule has 0 spiro atoms. The van der Waals surface area contributed by atoms with Gasteiger partial charge in [-0.1, -0.05) is 6.07 Å². The standard InChI is InChI=1S/C14H12N4O2S/c1-20-13(19)11-12-10(5-7-21-12)17-14(18-11)16-8-9-4-2-3-6-15-9/h2-7H,8H2,1H3,(H,16,17,18). The first kappa shape index (κ1) is 13.4. The Balaban J connectivity index is 1.90. The third kappa shape index (κ3) is 2.82. The Morgan fingerprint density at radius 1 is 1.33 bits per heavy atom. The Morgan fingerprint density at radius 3 is 3.00 bits per heavy atom. The molecular formula is C14H12N4O2S. The highest BCUT2D eigenvalue weighted by atomic mass is 32.1. The lowest BCUT2D eigenvalue weighted by atomic mass is 10.3. The van der Waals surface area contributed by atoms with E-state index < -0.39 is 5.97 Å². The number of hydrogen-bond donors (Lipinski definition) is 1. The number of aromatic nitrogens is 3. The van der Waals surface area contributed by atoms with Crippen molar-refractivity contribution in [3.05, 3.63) is 47.2 Å². The molecule has 1 N–H and O–H groups in total. The Kier molecular flexibility index (Phi) is 3.74. The number of rotatable bonds is 4. The van der Waals surface area contributed by atoms with Crippen molar-refractivity contribution in [3.8, 4) is 0 Å². The number of fused-ring (bicyclic) bond motifs is 1. The molecule has 0 saturated carbocycles. The van der Waals surface area contributed by atoms with E-state index in [9.17, 15) is 4.79 Å². The predicted octanol–water partition coefficient (Wildman–Crippen LogP) is 2.49. The SMILES string of the molecule is COC(=O)c1nc(NCc2ccccn2)nc2ccsc12. The summed E-state index contributed by atoms with van der Waals surface area (Å²) in [5.74, 6) is -0.0855. The lowest BCUT2D eigenvalue weighted by Gasteiger charge is -2.06. The van der Waals surface area contributed by atoms with Gasteiger partial charge >= 0.3 is 5.97 Å². The number of nitrogens with zero attached hydrogens (tertiary/aromatic N) is 3. The first-order chi connectivity index (χ1) is 10.3. The monoisotopic (exact) mass is 300 g/mol. The van der Waals surface area contributed by atoms with Crippen molar-refractivity contribution >= 4 is 33.5 Å². The summed E-state index contributed by atoms with van der Waals surface area (Å²) in [7, 11) is 1.34.